The Labute approximate surface area is 129 Å². The number of rotatable bonds is 1. The van der Waals surface area contributed by atoms with Gasteiger partial charge in [-0.05, 0) is 41.8 Å². The van der Waals surface area contributed by atoms with Gasteiger partial charge in [0.1, 0.15) is 5.82 Å². The van der Waals surface area contributed by atoms with Crippen LogP contribution in [0.25, 0.3) is 32.8 Å². The van der Waals surface area contributed by atoms with E-state index in [4.69, 9.17) is 0 Å². The van der Waals surface area contributed by atoms with E-state index in [2.05, 4.69) is 71.5 Å². The van der Waals surface area contributed by atoms with Crippen LogP contribution in [0.15, 0.2) is 60.7 Å². The molecular weight excluding hydrogens is 268 g/mol. The van der Waals surface area contributed by atoms with Crippen molar-refractivity contribution in [3.05, 3.63) is 72.2 Å². The van der Waals surface area contributed by atoms with E-state index in [0.717, 1.165) is 22.4 Å². The van der Waals surface area contributed by atoms with Crippen LogP contribution >= 0.6 is 0 Å². The highest BCUT2D eigenvalue weighted by molar-refractivity contribution is 6.13. The highest BCUT2D eigenvalue weighted by Crippen LogP contribution is 2.34. The van der Waals surface area contributed by atoms with E-state index in [1.54, 1.807) is 0 Å². The van der Waals surface area contributed by atoms with E-state index >= 15 is 0 Å². The third-order valence-corrected chi connectivity index (χ3v) is 4.08. The SMILES string of the molecule is Cc1nc(C)c2c(cc(-c3ccccc3)c3ccccc32)n1. The largest absolute Gasteiger partial charge is 0.238 e. The lowest BCUT2D eigenvalue weighted by molar-refractivity contribution is 1.05. The Morgan fingerprint density at radius 3 is 2.18 bits per heavy atom. The number of hydrogen-bond donors (Lipinski definition) is 0. The number of nitrogens with zero attached hydrogens (tertiary/aromatic N) is 2. The van der Waals surface area contributed by atoms with Crippen molar-refractivity contribution in [2.24, 2.45) is 0 Å². The van der Waals surface area contributed by atoms with Gasteiger partial charge in [-0.1, -0.05) is 54.6 Å². The molecule has 0 aliphatic heterocycles. The summed E-state index contributed by atoms with van der Waals surface area (Å²) in [4.78, 5) is 9.20. The van der Waals surface area contributed by atoms with E-state index in [1.807, 2.05) is 13.0 Å². The molecule has 0 bridgehead atoms. The van der Waals surface area contributed by atoms with Crippen LogP contribution in [-0.4, -0.2) is 9.97 Å². The second-order valence-electron chi connectivity index (χ2n) is 5.59. The Kier molecular flexibility index (Phi) is 2.90. The van der Waals surface area contributed by atoms with Gasteiger partial charge in [-0.2, -0.15) is 0 Å². The lowest BCUT2D eigenvalue weighted by Crippen LogP contribution is -1.95. The zero-order chi connectivity index (χ0) is 15.1. The number of fused-ring (bicyclic) bond motifs is 3. The van der Waals surface area contributed by atoms with Gasteiger partial charge in [0.15, 0.2) is 0 Å². The Balaban J connectivity index is 2.21. The Hall–Kier alpha value is -2.74. The Bertz CT molecular complexity index is 989. The second-order valence-corrected chi connectivity index (χ2v) is 5.59. The van der Waals surface area contributed by atoms with Gasteiger partial charge < -0.3 is 0 Å². The lowest BCUT2D eigenvalue weighted by atomic mass is 9.94. The molecular formula is C20H16N2. The van der Waals surface area contributed by atoms with Crippen molar-refractivity contribution in [2.75, 3.05) is 0 Å². The van der Waals surface area contributed by atoms with Gasteiger partial charge in [-0.25, -0.2) is 9.97 Å². The van der Waals surface area contributed by atoms with Crippen molar-refractivity contribution in [1.29, 1.82) is 0 Å². The lowest BCUT2D eigenvalue weighted by Gasteiger charge is -2.12. The van der Waals surface area contributed by atoms with Crippen molar-refractivity contribution >= 4 is 21.7 Å². The average molecular weight is 284 g/mol. The van der Waals surface area contributed by atoms with Gasteiger partial charge in [0.2, 0.25) is 0 Å². The first kappa shape index (κ1) is 13.0. The summed E-state index contributed by atoms with van der Waals surface area (Å²) in [6, 6.07) is 21.2. The molecule has 0 fully saturated rings. The van der Waals surface area contributed by atoms with Crippen LogP contribution in [0.2, 0.25) is 0 Å². The average Bonchev–Trinajstić information content (AvgIpc) is 2.54. The van der Waals surface area contributed by atoms with Crippen LogP contribution in [0, 0.1) is 13.8 Å². The standard InChI is InChI=1S/C20H16N2/c1-13-20-17-11-7-6-10-16(17)18(15-8-4-3-5-9-15)12-19(20)22-14(2)21-13/h3-12H,1-2H3. The van der Waals surface area contributed by atoms with Gasteiger partial charge in [0, 0.05) is 11.1 Å². The second kappa shape index (κ2) is 4.92. The maximum atomic E-state index is 4.66. The number of hydrogen-bond acceptors (Lipinski definition) is 2. The van der Waals surface area contributed by atoms with E-state index < -0.39 is 0 Å². The van der Waals surface area contributed by atoms with Crippen LogP contribution in [0.1, 0.15) is 11.5 Å². The van der Waals surface area contributed by atoms with Crippen molar-refractivity contribution in [3.63, 3.8) is 0 Å². The molecule has 4 rings (SSSR count). The maximum absolute atomic E-state index is 4.66. The molecule has 1 heterocycles. The predicted molar refractivity (Wildman–Crippen MR) is 92.0 cm³/mol. The van der Waals surface area contributed by atoms with Crippen LogP contribution in [0.5, 0.6) is 0 Å². The molecule has 0 spiro atoms. The van der Waals surface area contributed by atoms with Crippen LogP contribution in [0.3, 0.4) is 0 Å². The van der Waals surface area contributed by atoms with E-state index in [1.165, 1.54) is 21.9 Å². The molecule has 4 aromatic rings. The minimum absolute atomic E-state index is 0.819. The predicted octanol–water partition coefficient (Wildman–Crippen LogP) is 5.07. The van der Waals surface area contributed by atoms with Gasteiger partial charge in [-0.3, -0.25) is 0 Å². The zero-order valence-electron chi connectivity index (χ0n) is 12.7. The summed E-state index contributed by atoms with van der Waals surface area (Å²) in [5.41, 5.74) is 4.50. The monoisotopic (exact) mass is 284 g/mol. The molecule has 0 unspecified atom stereocenters. The third kappa shape index (κ3) is 1.96. The number of aromatic nitrogens is 2. The first-order valence-corrected chi connectivity index (χ1v) is 7.46. The number of aryl methyl sites for hydroxylation is 2. The smallest absolute Gasteiger partial charge is 0.126 e. The van der Waals surface area contributed by atoms with Crippen LogP contribution < -0.4 is 0 Å². The van der Waals surface area contributed by atoms with Crippen molar-refractivity contribution in [3.8, 4) is 11.1 Å². The molecule has 0 aliphatic rings. The normalized spacial score (nSPS) is 11.2. The molecule has 106 valence electrons. The highest BCUT2D eigenvalue weighted by Gasteiger charge is 2.11. The Morgan fingerprint density at radius 2 is 1.41 bits per heavy atom. The summed E-state index contributed by atoms with van der Waals surface area (Å²) < 4.78 is 0. The van der Waals surface area contributed by atoms with Crippen LogP contribution in [0.4, 0.5) is 0 Å². The fourth-order valence-electron chi connectivity index (χ4n) is 3.18. The minimum Gasteiger partial charge on any atom is -0.238 e. The van der Waals surface area contributed by atoms with E-state index in [9.17, 15) is 0 Å². The first-order chi connectivity index (χ1) is 10.7. The molecule has 22 heavy (non-hydrogen) atoms. The summed E-state index contributed by atoms with van der Waals surface area (Å²) in [6.07, 6.45) is 0. The molecule has 3 aromatic carbocycles. The fraction of sp³-hybridized carbons (Fsp3) is 0.100. The molecule has 0 radical (unpaired) electrons. The maximum Gasteiger partial charge on any atom is 0.126 e. The first-order valence-electron chi connectivity index (χ1n) is 7.46. The fourth-order valence-corrected chi connectivity index (χ4v) is 3.18. The van der Waals surface area contributed by atoms with Crippen molar-refractivity contribution < 1.29 is 0 Å². The Morgan fingerprint density at radius 1 is 0.727 bits per heavy atom. The molecule has 0 amide bonds. The number of benzene rings is 3. The van der Waals surface area contributed by atoms with Crippen LogP contribution in [-0.2, 0) is 0 Å². The summed E-state index contributed by atoms with van der Waals surface area (Å²) in [5, 5.41) is 3.62. The molecule has 0 aliphatic carbocycles. The molecule has 0 saturated heterocycles. The molecule has 0 saturated carbocycles. The topological polar surface area (TPSA) is 25.8 Å². The minimum atomic E-state index is 0.819. The molecule has 1 aromatic heterocycles. The molecule has 0 N–H and O–H groups in total. The molecule has 0 atom stereocenters. The summed E-state index contributed by atoms with van der Waals surface area (Å²) in [6.45, 7) is 4.01. The van der Waals surface area contributed by atoms with E-state index in [-0.39, 0.29) is 0 Å². The van der Waals surface area contributed by atoms with Gasteiger partial charge in [0.05, 0.1) is 5.52 Å². The third-order valence-electron chi connectivity index (χ3n) is 4.08. The van der Waals surface area contributed by atoms with Gasteiger partial charge in [0.25, 0.3) is 0 Å². The quantitative estimate of drug-likeness (QED) is 0.456. The van der Waals surface area contributed by atoms with E-state index in [0.29, 0.717) is 0 Å². The van der Waals surface area contributed by atoms with Crippen molar-refractivity contribution in [2.45, 2.75) is 13.8 Å². The highest BCUT2D eigenvalue weighted by atomic mass is 14.9. The van der Waals surface area contributed by atoms with Gasteiger partial charge >= 0.3 is 0 Å². The van der Waals surface area contributed by atoms with Gasteiger partial charge in [-0.15, -0.1) is 0 Å². The van der Waals surface area contributed by atoms with Crippen molar-refractivity contribution in [1.82, 2.24) is 9.97 Å². The summed E-state index contributed by atoms with van der Waals surface area (Å²) in [5.74, 6) is 0.819. The summed E-state index contributed by atoms with van der Waals surface area (Å²) in [7, 11) is 0. The molecule has 2 nitrogen and oxygen atoms in total. The summed E-state index contributed by atoms with van der Waals surface area (Å²) >= 11 is 0. The molecule has 2 heteroatoms. The zero-order valence-corrected chi connectivity index (χ0v) is 12.7.